The molecule has 0 radical (unpaired) electrons. The van der Waals surface area contributed by atoms with Crippen molar-refractivity contribution in [3.8, 4) is 0 Å². The predicted molar refractivity (Wildman–Crippen MR) is 56.6 cm³/mol. The van der Waals surface area contributed by atoms with Crippen molar-refractivity contribution >= 4 is 33.4 Å². The molecule has 80 valence electrons. The molecule has 0 aromatic carbocycles. The third kappa shape index (κ3) is 3.09. The van der Waals surface area contributed by atoms with Crippen LogP contribution in [0.15, 0.2) is 12.1 Å². The molecule has 1 rings (SSSR count). The number of ketones is 1. The van der Waals surface area contributed by atoms with Crippen molar-refractivity contribution in [2.75, 3.05) is 10.6 Å². The molecule has 6 heteroatoms. The predicted octanol–water partition coefficient (Wildman–Crippen LogP) is 1.76. The highest BCUT2D eigenvalue weighted by Gasteiger charge is 2.12. The van der Waals surface area contributed by atoms with Crippen LogP contribution in [-0.2, 0) is 4.79 Å². The van der Waals surface area contributed by atoms with Gasteiger partial charge in [-0.05, 0) is 12.1 Å². The zero-order valence-electron chi connectivity index (χ0n) is 7.88. The monoisotopic (exact) mass is 274 g/mol. The van der Waals surface area contributed by atoms with Gasteiger partial charge in [-0.2, -0.15) is 4.39 Å². The number of hydrogen-bond donors (Lipinski definition) is 1. The van der Waals surface area contributed by atoms with Gasteiger partial charge in [-0.1, -0.05) is 15.9 Å². The summed E-state index contributed by atoms with van der Waals surface area (Å²) in [6.45, 7) is 1.29. The molecule has 4 nitrogen and oxygen atoms in total. The summed E-state index contributed by atoms with van der Waals surface area (Å²) >= 11 is 2.93. The number of rotatable bonds is 3. The Morgan fingerprint density at radius 1 is 1.53 bits per heavy atom. The van der Waals surface area contributed by atoms with Crippen LogP contribution in [0.3, 0.4) is 0 Å². The number of Topliss-reactive ketones (excluding diaryl/α,β-unsaturated/α-hetero) is 1. The first kappa shape index (κ1) is 11.8. The van der Waals surface area contributed by atoms with Crippen molar-refractivity contribution in [1.82, 2.24) is 4.98 Å². The van der Waals surface area contributed by atoms with Gasteiger partial charge in [0.05, 0.1) is 10.9 Å². The second-order valence-electron chi connectivity index (χ2n) is 2.77. The Labute approximate surface area is 94.0 Å². The van der Waals surface area contributed by atoms with Crippen molar-refractivity contribution in [2.45, 2.75) is 6.92 Å². The summed E-state index contributed by atoms with van der Waals surface area (Å²) in [5.41, 5.74) is -0.0963. The van der Waals surface area contributed by atoms with Gasteiger partial charge in [0.25, 0.3) is 0 Å². The molecule has 0 bridgehead atoms. The number of alkyl halides is 1. The van der Waals surface area contributed by atoms with E-state index in [1.807, 2.05) is 0 Å². The number of aromatic nitrogens is 1. The second-order valence-corrected chi connectivity index (χ2v) is 3.33. The highest BCUT2D eigenvalue weighted by molar-refractivity contribution is 9.09. The number of carbonyl (C=O) groups is 2. The second kappa shape index (κ2) is 4.97. The lowest BCUT2D eigenvalue weighted by Crippen LogP contribution is -2.11. The molecule has 0 aliphatic rings. The van der Waals surface area contributed by atoms with Crippen LogP contribution < -0.4 is 5.32 Å². The summed E-state index contributed by atoms with van der Waals surface area (Å²) in [7, 11) is 0. The first-order valence-corrected chi connectivity index (χ1v) is 5.20. The molecular formula is C9H8BrFN2O2. The number of halogens is 2. The maximum absolute atomic E-state index is 13.2. The number of nitrogens with one attached hydrogen (secondary N) is 1. The van der Waals surface area contributed by atoms with Crippen molar-refractivity contribution in [2.24, 2.45) is 0 Å². The van der Waals surface area contributed by atoms with Gasteiger partial charge in [-0.15, -0.1) is 0 Å². The van der Waals surface area contributed by atoms with Gasteiger partial charge in [-0.25, -0.2) is 4.98 Å². The van der Waals surface area contributed by atoms with Crippen LogP contribution in [0.1, 0.15) is 17.3 Å². The Kier molecular flexibility index (Phi) is 3.90. The van der Waals surface area contributed by atoms with Crippen molar-refractivity contribution in [3.63, 3.8) is 0 Å². The van der Waals surface area contributed by atoms with Crippen molar-refractivity contribution in [3.05, 3.63) is 23.6 Å². The fourth-order valence-corrected chi connectivity index (χ4v) is 1.27. The van der Waals surface area contributed by atoms with Gasteiger partial charge in [0.2, 0.25) is 11.9 Å². The van der Waals surface area contributed by atoms with Gasteiger partial charge in [0.1, 0.15) is 5.82 Å². The molecule has 0 aliphatic carbocycles. The van der Waals surface area contributed by atoms with Crippen LogP contribution in [0.25, 0.3) is 0 Å². The lowest BCUT2D eigenvalue weighted by Gasteiger charge is -2.03. The van der Waals surface area contributed by atoms with E-state index in [0.717, 1.165) is 0 Å². The van der Waals surface area contributed by atoms with Crippen LogP contribution in [-0.4, -0.2) is 22.0 Å². The minimum atomic E-state index is -0.884. The topological polar surface area (TPSA) is 59.1 Å². The van der Waals surface area contributed by atoms with Gasteiger partial charge in [-0.3, -0.25) is 9.59 Å². The molecule has 1 aromatic heterocycles. The van der Waals surface area contributed by atoms with E-state index in [1.165, 1.54) is 19.1 Å². The van der Waals surface area contributed by atoms with Gasteiger partial charge >= 0.3 is 0 Å². The molecule has 0 saturated heterocycles. The van der Waals surface area contributed by atoms with Crippen LogP contribution in [0.5, 0.6) is 0 Å². The standard InChI is InChI=1S/C9H8BrFN2O2/c1-5(14)12-8-3-2-6(7(15)4-10)9(11)13-8/h2-3H,4H2,1H3,(H,12,13,14). The zero-order chi connectivity index (χ0) is 11.4. The largest absolute Gasteiger partial charge is 0.311 e. The summed E-state index contributed by atoms with van der Waals surface area (Å²) in [6.07, 6.45) is 0. The normalized spacial score (nSPS) is 9.80. The fraction of sp³-hybridized carbons (Fsp3) is 0.222. The SMILES string of the molecule is CC(=O)Nc1ccc(C(=O)CBr)c(F)n1. The van der Waals surface area contributed by atoms with E-state index in [9.17, 15) is 14.0 Å². The van der Waals surface area contributed by atoms with Crippen LogP contribution >= 0.6 is 15.9 Å². The number of nitrogens with zero attached hydrogens (tertiary/aromatic N) is 1. The molecule has 0 aliphatic heterocycles. The third-order valence-electron chi connectivity index (χ3n) is 1.57. The molecule has 0 saturated carbocycles. The molecular weight excluding hydrogens is 267 g/mol. The highest BCUT2D eigenvalue weighted by atomic mass is 79.9. The van der Waals surface area contributed by atoms with Crippen LogP contribution in [0, 0.1) is 5.95 Å². The van der Waals surface area contributed by atoms with E-state index in [4.69, 9.17) is 0 Å². The average Bonchev–Trinajstić information content (AvgIpc) is 2.16. The Hall–Kier alpha value is -1.30. The van der Waals surface area contributed by atoms with E-state index < -0.39 is 11.7 Å². The van der Waals surface area contributed by atoms with Crippen molar-refractivity contribution < 1.29 is 14.0 Å². The first-order chi connectivity index (χ1) is 7.04. The van der Waals surface area contributed by atoms with E-state index in [2.05, 4.69) is 26.2 Å². The van der Waals surface area contributed by atoms with Gasteiger partial charge < -0.3 is 5.32 Å². The Bertz CT molecular complexity index is 409. The molecule has 1 amide bonds. The van der Waals surface area contributed by atoms with Crippen LogP contribution in [0.4, 0.5) is 10.2 Å². The van der Waals surface area contributed by atoms with E-state index in [-0.39, 0.29) is 22.6 Å². The van der Waals surface area contributed by atoms with Gasteiger partial charge in [0, 0.05) is 6.92 Å². The third-order valence-corrected chi connectivity index (χ3v) is 2.08. The Morgan fingerprint density at radius 3 is 2.67 bits per heavy atom. The molecule has 0 spiro atoms. The summed E-state index contributed by atoms with van der Waals surface area (Å²) in [5, 5.41) is 2.35. The number of carbonyl (C=O) groups excluding carboxylic acids is 2. The van der Waals surface area contributed by atoms with E-state index >= 15 is 0 Å². The molecule has 1 aromatic rings. The fourth-order valence-electron chi connectivity index (χ4n) is 0.964. The molecule has 0 atom stereocenters. The number of anilines is 1. The molecule has 15 heavy (non-hydrogen) atoms. The van der Waals surface area contributed by atoms with Crippen molar-refractivity contribution in [1.29, 1.82) is 0 Å². The van der Waals surface area contributed by atoms with E-state index in [1.54, 1.807) is 0 Å². The maximum Gasteiger partial charge on any atom is 0.225 e. The Balaban J connectivity index is 2.97. The maximum atomic E-state index is 13.2. The quantitative estimate of drug-likeness (QED) is 0.519. The molecule has 0 unspecified atom stereocenters. The summed E-state index contributed by atoms with van der Waals surface area (Å²) in [5.74, 6) is -1.53. The summed E-state index contributed by atoms with van der Waals surface area (Å²) < 4.78 is 13.2. The zero-order valence-corrected chi connectivity index (χ0v) is 9.47. The number of hydrogen-bond acceptors (Lipinski definition) is 3. The number of amides is 1. The minimum Gasteiger partial charge on any atom is -0.311 e. The smallest absolute Gasteiger partial charge is 0.225 e. The van der Waals surface area contributed by atoms with Crippen LogP contribution in [0.2, 0.25) is 0 Å². The molecule has 1 N–H and O–H groups in total. The summed E-state index contributed by atoms with van der Waals surface area (Å²) in [4.78, 5) is 25.2. The minimum absolute atomic E-state index is 0.0328. The lowest BCUT2D eigenvalue weighted by atomic mass is 10.2. The number of pyridine rings is 1. The lowest BCUT2D eigenvalue weighted by molar-refractivity contribution is -0.114. The Morgan fingerprint density at radius 2 is 2.20 bits per heavy atom. The average molecular weight is 275 g/mol. The molecule has 1 heterocycles. The molecule has 0 fully saturated rings. The van der Waals surface area contributed by atoms with E-state index in [0.29, 0.717) is 0 Å². The highest BCUT2D eigenvalue weighted by Crippen LogP contribution is 2.11. The van der Waals surface area contributed by atoms with Gasteiger partial charge in [0.15, 0.2) is 5.78 Å². The summed E-state index contributed by atoms with van der Waals surface area (Å²) in [6, 6.07) is 2.66. The first-order valence-electron chi connectivity index (χ1n) is 4.08.